The fraction of sp³-hybridized carbons (Fsp3) is 0.364. The average Bonchev–Trinajstić information content (AvgIpc) is 2.55. The summed E-state index contributed by atoms with van der Waals surface area (Å²) < 4.78 is 1.09. The van der Waals surface area contributed by atoms with Gasteiger partial charge in [0.2, 0.25) is 0 Å². The van der Waals surface area contributed by atoms with E-state index >= 15 is 0 Å². The summed E-state index contributed by atoms with van der Waals surface area (Å²) in [7, 11) is 0. The van der Waals surface area contributed by atoms with Crippen molar-refractivity contribution in [2.45, 2.75) is 26.8 Å². The van der Waals surface area contributed by atoms with Crippen molar-refractivity contribution in [1.82, 2.24) is 9.55 Å². The van der Waals surface area contributed by atoms with Crippen molar-refractivity contribution in [2.24, 2.45) is 0 Å². The Bertz CT molecular complexity index is 657. The number of aliphatic carboxylic acids is 1. The quantitative estimate of drug-likeness (QED) is 0.773. The van der Waals surface area contributed by atoms with E-state index in [0.717, 1.165) is 15.0 Å². The molecule has 17 heavy (non-hydrogen) atoms. The van der Waals surface area contributed by atoms with E-state index in [-0.39, 0.29) is 5.56 Å². The van der Waals surface area contributed by atoms with Crippen molar-refractivity contribution in [1.29, 1.82) is 0 Å². The van der Waals surface area contributed by atoms with Crippen molar-refractivity contribution in [2.75, 3.05) is 0 Å². The molecular formula is C11H11N2O3S-. The van der Waals surface area contributed by atoms with Crippen LogP contribution in [0.5, 0.6) is 0 Å². The van der Waals surface area contributed by atoms with Crippen LogP contribution in [-0.2, 0) is 4.79 Å². The lowest BCUT2D eigenvalue weighted by Gasteiger charge is -2.15. The Morgan fingerprint density at radius 3 is 2.76 bits per heavy atom. The maximum atomic E-state index is 12.1. The SMILES string of the molecule is Cc1sc2ncn(C(C)C(=O)[O-])c(=O)c2c1C. The molecule has 0 aliphatic heterocycles. The lowest BCUT2D eigenvalue weighted by molar-refractivity contribution is -0.309. The number of nitrogens with zero attached hydrogens (tertiary/aromatic N) is 2. The number of hydrogen-bond donors (Lipinski definition) is 0. The summed E-state index contributed by atoms with van der Waals surface area (Å²) in [5.41, 5.74) is 0.538. The van der Waals surface area contributed by atoms with E-state index < -0.39 is 12.0 Å². The van der Waals surface area contributed by atoms with Crippen LogP contribution in [0.15, 0.2) is 11.1 Å². The molecule has 2 aromatic heterocycles. The molecule has 0 saturated heterocycles. The van der Waals surface area contributed by atoms with Crippen LogP contribution in [0.25, 0.3) is 10.2 Å². The maximum Gasteiger partial charge on any atom is 0.262 e. The Morgan fingerprint density at radius 1 is 1.53 bits per heavy atom. The molecule has 2 aromatic rings. The number of carbonyl (C=O) groups excluding carboxylic acids is 1. The van der Waals surface area contributed by atoms with Crippen LogP contribution in [0.1, 0.15) is 23.4 Å². The third-order valence-corrected chi connectivity index (χ3v) is 3.99. The lowest BCUT2D eigenvalue weighted by atomic mass is 10.2. The van der Waals surface area contributed by atoms with Gasteiger partial charge in [-0.25, -0.2) is 4.98 Å². The van der Waals surface area contributed by atoms with Crippen LogP contribution in [0.3, 0.4) is 0 Å². The van der Waals surface area contributed by atoms with Crippen LogP contribution in [0.4, 0.5) is 0 Å². The molecule has 5 nitrogen and oxygen atoms in total. The molecule has 0 aliphatic carbocycles. The van der Waals surface area contributed by atoms with Gasteiger partial charge in [-0.1, -0.05) is 0 Å². The van der Waals surface area contributed by atoms with Gasteiger partial charge in [-0.15, -0.1) is 11.3 Å². The average molecular weight is 251 g/mol. The molecule has 0 spiro atoms. The highest BCUT2D eigenvalue weighted by atomic mass is 32.1. The van der Waals surface area contributed by atoms with E-state index in [9.17, 15) is 14.7 Å². The highest BCUT2D eigenvalue weighted by Crippen LogP contribution is 2.25. The molecule has 1 atom stereocenters. The minimum Gasteiger partial charge on any atom is -0.548 e. The van der Waals surface area contributed by atoms with E-state index in [0.29, 0.717) is 10.2 Å². The normalized spacial score (nSPS) is 12.9. The number of fused-ring (bicyclic) bond motifs is 1. The van der Waals surface area contributed by atoms with Crippen molar-refractivity contribution in [3.8, 4) is 0 Å². The first-order valence-corrected chi connectivity index (χ1v) is 5.92. The van der Waals surface area contributed by atoms with Gasteiger partial charge in [-0.05, 0) is 26.3 Å². The summed E-state index contributed by atoms with van der Waals surface area (Å²) in [4.78, 5) is 28.7. The molecule has 90 valence electrons. The molecular weight excluding hydrogens is 240 g/mol. The molecule has 0 aliphatic rings. The summed E-state index contributed by atoms with van der Waals surface area (Å²) in [6.07, 6.45) is 1.26. The Morgan fingerprint density at radius 2 is 2.18 bits per heavy atom. The van der Waals surface area contributed by atoms with Crippen molar-refractivity contribution in [3.05, 3.63) is 27.1 Å². The third kappa shape index (κ3) is 1.74. The van der Waals surface area contributed by atoms with Gasteiger partial charge < -0.3 is 9.90 Å². The number of carboxylic acid groups (broad SMARTS) is 1. The number of hydrogen-bond acceptors (Lipinski definition) is 5. The van der Waals surface area contributed by atoms with Gasteiger partial charge in [0.1, 0.15) is 4.83 Å². The summed E-state index contributed by atoms with van der Waals surface area (Å²) >= 11 is 1.43. The van der Waals surface area contributed by atoms with Gasteiger partial charge in [0.15, 0.2) is 0 Å². The largest absolute Gasteiger partial charge is 0.548 e. The van der Waals surface area contributed by atoms with E-state index in [1.54, 1.807) is 0 Å². The first kappa shape index (κ1) is 11.8. The first-order chi connectivity index (χ1) is 7.93. The van der Waals surface area contributed by atoms with Gasteiger partial charge in [0.05, 0.1) is 23.7 Å². The Hall–Kier alpha value is -1.69. The van der Waals surface area contributed by atoms with Crippen molar-refractivity contribution < 1.29 is 9.90 Å². The minimum absolute atomic E-state index is 0.325. The first-order valence-electron chi connectivity index (χ1n) is 5.11. The molecule has 0 N–H and O–H groups in total. The second-order valence-corrected chi connectivity index (χ2v) is 5.12. The molecule has 6 heteroatoms. The second kappa shape index (κ2) is 3.96. The number of carbonyl (C=O) groups is 1. The van der Waals surface area contributed by atoms with Gasteiger partial charge in [0, 0.05) is 4.88 Å². The van der Waals surface area contributed by atoms with Crippen molar-refractivity contribution in [3.63, 3.8) is 0 Å². The van der Waals surface area contributed by atoms with Gasteiger partial charge in [-0.2, -0.15) is 0 Å². The van der Waals surface area contributed by atoms with Crippen molar-refractivity contribution >= 4 is 27.5 Å². The number of aromatic nitrogens is 2. The van der Waals surface area contributed by atoms with Crippen LogP contribution < -0.4 is 10.7 Å². The summed E-state index contributed by atoms with van der Waals surface area (Å²) in [5, 5.41) is 11.3. The number of rotatable bonds is 2. The molecule has 0 aromatic carbocycles. The zero-order chi connectivity index (χ0) is 12.7. The molecule has 1 unspecified atom stereocenters. The third-order valence-electron chi connectivity index (χ3n) is 2.87. The fourth-order valence-corrected chi connectivity index (χ4v) is 2.62. The van der Waals surface area contributed by atoms with E-state index in [4.69, 9.17) is 0 Å². The number of carboxylic acids is 1. The van der Waals surface area contributed by atoms with Crippen LogP contribution in [-0.4, -0.2) is 15.5 Å². The lowest BCUT2D eigenvalue weighted by Crippen LogP contribution is -2.36. The smallest absolute Gasteiger partial charge is 0.262 e. The topological polar surface area (TPSA) is 75.0 Å². The summed E-state index contributed by atoms with van der Waals surface area (Å²) in [6, 6.07) is -1.01. The summed E-state index contributed by atoms with van der Waals surface area (Å²) in [6.45, 7) is 5.15. The Balaban J connectivity index is 2.78. The van der Waals surface area contributed by atoms with Crippen LogP contribution in [0, 0.1) is 13.8 Å². The van der Waals surface area contributed by atoms with E-state index in [1.807, 2.05) is 13.8 Å². The molecule has 0 fully saturated rings. The molecule has 0 saturated carbocycles. The highest BCUT2D eigenvalue weighted by molar-refractivity contribution is 7.18. The zero-order valence-electron chi connectivity index (χ0n) is 9.68. The predicted molar refractivity (Wildman–Crippen MR) is 63.1 cm³/mol. The second-order valence-electron chi connectivity index (χ2n) is 3.92. The van der Waals surface area contributed by atoms with E-state index in [2.05, 4.69) is 4.98 Å². The molecule has 0 radical (unpaired) electrons. The monoisotopic (exact) mass is 251 g/mol. The number of thiophene rings is 1. The minimum atomic E-state index is -1.29. The van der Waals surface area contributed by atoms with Gasteiger partial charge >= 0.3 is 0 Å². The van der Waals surface area contributed by atoms with Crippen LogP contribution >= 0.6 is 11.3 Å². The zero-order valence-corrected chi connectivity index (χ0v) is 10.5. The molecule has 2 rings (SSSR count). The highest BCUT2D eigenvalue weighted by Gasteiger charge is 2.15. The maximum absolute atomic E-state index is 12.1. The Kier molecular flexibility index (Phi) is 2.74. The van der Waals surface area contributed by atoms with Gasteiger partial charge in [0.25, 0.3) is 5.56 Å². The van der Waals surface area contributed by atoms with E-state index in [1.165, 1.54) is 24.6 Å². The molecule has 2 heterocycles. The predicted octanol–water partition coefficient (Wildman–Crippen LogP) is 0.386. The fourth-order valence-electron chi connectivity index (χ4n) is 1.64. The summed E-state index contributed by atoms with van der Waals surface area (Å²) in [5.74, 6) is -1.29. The Labute approximate surface area is 101 Å². The standard InChI is InChI=1S/C11H12N2O3S/c1-5-7(3)17-9-8(5)10(14)13(4-12-9)6(2)11(15)16/h4,6H,1-3H3,(H,15,16)/p-1. The van der Waals surface area contributed by atoms with Crippen LogP contribution in [0.2, 0.25) is 0 Å². The molecule has 0 bridgehead atoms. The molecule has 0 amide bonds. The number of aryl methyl sites for hydroxylation is 2. The van der Waals surface area contributed by atoms with Gasteiger partial charge in [-0.3, -0.25) is 9.36 Å².